The maximum absolute atomic E-state index is 12.4. The Bertz CT molecular complexity index is 710. The Morgan fingerprint density at radius 2 is 1.88 bits per heavy atom. The highest BCUT2D eigenvalue weighted by molar-refractivity contribution is 5.94. The fourth-order valence-corrected chi connectivity index (χ4v) is 2.28. The summed E-state index contributed by atoms with van der Waals surface area (Å²) in [4.78, 5) is 23.0. The second-order valence-electron chi connectivity index (χ2n) is 5.59. The van der Waals surface area contributed by atoms with Gasteiger partial charge in [0.2, 0.25) is 0 Å². The molecule has 1 amide bonds. The molecule has 0 spiro atoms. The van der Waals surface area contributed by atoms with Crippen LogP contribution in [0.1, 0.15) is 24.5 Å². The summed E-state index contributed by atoms with van der Waals surface area (Å²) in [6.45, 7) is 3.85. The van der Waals surface area contributed by atoms with Crippen molar-refractivity contribution in [3.05, 3.63) is 59.7 Å². The average Bonchev–Trinajstić information content (AvgIpc) is 2.54. The minimum Gasteiger partial charge on any atom is -0.481 e. The molecule has 2 aromatic carbocycles. The molecular formula is C19H21NO4. The third-order valence-electron chi connectivity index (χ3n) is 3.51. The summed E-state index contributed by atoms with van der Waals surface area (Å²) in [5.41, 5.74) is 2.36. The minimum absolute atomic E-state index is 0.0394. The van der Waals surface area contributed by atoms with Crippen LogP contribution in [0.5, 0.6) is 5.75 Å². The lowest BCUT2D eigenvalue weighted by Crippen LogP contribution is -2.32. The SMILES string of the molecule is CCC(Oc1cccc(C)c1)C(=O)Nc1ccc(CC(=O)O)cc1. The Balaban J connectivity index is 1.99. The van der Waals surface area contributed by atoms with Gasteiger partial charge in [-0.2, -0.15) is 0 Å². The van der Waals surface area contributed by atoms with Gasteiger partial charge in [0.1, 0.15) is 5.75 Å². The molecule has 0 radical (unpaired) electrons. The van der Waals surface area contributed by atoms with E-state index in [1.54, 1.807) is 24.3 Å². The van der Waals surface area contributed by atoms with Crippen molar-refractivity contribution in [2.45, 2.75) is 32.8 Å². The monoisotopic (exact) mass is 327 g/mol. The predicted molar refractivity (Wildman–Crippen MR) is 92.3 cm³/mol. The molecule has 1 atom stereocenters. The number of aliphatic carboxylic acids is 1. The van der Waals surface area contributed by atoms with E-state index in [4.69, 9.17) is 9.84 Å². The summed E-state index contributed by atoms with van der Waals surface area (Å²) in [5.74, 6) is -0.455. The van der Waals surface area contributed by atoms with Gasteiger partial charge in [-0.15, -0.1) is 0 Å². The van der Waals surface area contributed by atoms with Gasteiger partial charge in [0, 0.05) is 5.69 Å². The van der Waals surface area contributed by atoms with E-state index < -0.39 is 12.1 Å². The first kappa shape index (κ1) is 17.5. The minimum atomic E-state index is -0.885. The lowest BCUT2D eigenvalue weighted by molar-refractivity contribution is -0.136. The third kappa shape index (κ3) is 5.12. The molecule has 2 aromatic rings. The molecule has 0 saturated carbocycles. The van der Waals surface area contributed by atoms with Crippen molar-refractivity contribution in [3.8, 4) is 5.75 Å². The fourth-order valence-electron chi connectivity index (χ4n) is 2.28. The average molecular weight is 327 g/mol. The second-order valence-corrected chi connectivity index (χ2v) is 5.59. The number of amides is 1. The quantitative estimate of drug-likeness (QED) is 0.817. The van der Waals surface area contributed by atoms with Crippen LogP contribution in [-0.2, 0) is 16.0 Å². The van der Waals surface area contributed by atoms with Gasteiger partial charge >= 0.3 is 5.97 Å². The Morgan fingerprint density at radius 3 is 2.46 bits per heavy atom. The molecule has 0 bridgehead atoms. The van der Waals surface area contributed by atoms with E-state index in [1.165, 1.54) is 0 Å². The first-order chi connectivity index (χ1) is 11.5. The van der Waals surface area contributed by atoms with Crippen LogP contribution in [0.25, 0.3) is 0 Å². The Hall–Kier alpha value is -2.82. The number of carbonyl (C=O) groups is 2. The van der Waals surface area contributed by atoms with Gasteiger partial charge in [0.15, 0.2) is 6.10 Å². The molecular weight excluding hydrogens is 306 g/mol. The molecule has 5 heteroatoms. The maximum atomic E-state index is 12.4. The predicted octanol–water partition coefficient (Wildman–Crippen LogP) is 3.42. The van der Waals surface area contributed by atoms with Gasteiger partial charge in [-0.1, -0.05) is 31.2 Å². The number of hydrogen-bond donors (Lipinski definition) is 2. The molecule has 0 heterocycles. The Morgan fingerprint density at radius 1 is 1.17 bits per heavy atom. The summed E-state index contributed by atoms with van der Waals surface area (Å²) in [5, 5.41) is 11.6. The molecule has 0 aliphatic heterocycles. The molecule has 24 heavy (non-hydrogen) atoms. The normalized spacial score (nSPS) is 11.6. The fraction of sp³-hybridized carbons (Fsp3) is 0.263. The summed E-state index contributed by atoms with van der Waals surface area (Å²) >= 11 is 0. The first-order valence-corrected chi connectivity index (χ1v) is 7.83. The lowest BCUT2D eigenvalue weighted by Gasteiger charge is -2.17. The molecule has 2 rings (SSSR count). The highest BCUT2D eigenvalue weighted by Gasteiger charge is 2.18. The van der Waals surface area contributed by atoms with E-state index in [0.717, 1.165) is 5.56 Å². The summed E-state index contributed by atoms with van der Waals surface area (Å²) in [6, 6.07) is 14.3. The summed E-state index contributed by atoms with van der Waals surface area (Å²) < 4.78 is 5.77. The molecule has 1 unspecified atom stereocenters. The third-order valence-corrected chi connectivity index (χ3v) is 3.51. The maximum Gasteiger partial charge on any atom is 0.307 e. The zero-order valence-electron chi connectivity index (χ0n) is 13.8. The number of benzene rings is 2. The van der Waals surface area contributed by atoms with Crippen molar-refractivity contribution < 1.29 is 19.4 Å². The van der Waals surface area contributed by atoms with Crippen molar-refractivity contribution in [1.82, 2.24) is 0 Å². The van der Waals surface area contributed by atoms with Crippen molar-refractivity contribution in [1.29, 1.82) is 0 Å². The van der Waals surface area contributed by atoms with E-state index in [-0.39, 0.29) is 12.3 Å². The van der Waals surface area contributed by atoms with Gasteiger partial charge in [-0.25, -0.2) is 0 Å². The number of carboxylic acid groups (broad SMARTS) is 1. The van der Waals surface area contributed by atoms with Gasteiger partial charge in [-0.3, -0.25) is 9.59 Å². The molecule has 0 saturated heterocycles. The van der Waals surface area contributed by atoms with Crippen LogP contribution in [0.4, 0.5) is 5.69 Å². The number of ether oxygens (including phenoxy) is 1. The van der Waals surface area contributed by atoms with Crippen LogP contribution in [-0.4, -0.2) is 23.1 Å². The van der Waals surface area contributed by atoms with E-state index in [1.807, 2.05) is 38.1 Å². The van der Waals surface area contributed by atoms with E-state index in [2.05, 4.69) is 5.32 Å². The van der Waals surface area contributed by atoms with Crippen molar-refractivity contribution >= 4 is 17.6 Å². The molecule has 0 aliphatic carbocycles. The van der Waals surface area contributed by atoms with Crippen LogP contribution in [0, 0.1) is 6.92 Å². The van der Waals surface area contributed by atoms with Gasteiger partial charge < -0.3 is 15.2 Å². The van der Waals surface area contributed by atoms with Gasteiger partial charge in [0.05, 0.1) is 6.42 Å². The van der Waals surface area contributed by atoms with E-state index >= 15 is 0 Å². The zero-order valence-corrected chi connectivity index (χ0v) is 13.8. The van der Waals surface area contributed by atoms with E-state index in [9.17, 15) is 9.59 Å². The number of rotatable bonds is 7. The zero-order chi connectivity index (χ0) is 17.5. The van der Waals surface area contributed by atoms with Crippen molar-refractivity contribution in [2.75, 3.05) is 5.32 Å². The van der Waals surface area contributed by atoms with Crippen LogP contribution in [0.15, 0.2) is 48.5 Å². The van der Waals surface area contributed by atoms with E-state index in [0.29, 0.717) is 23.4 Å². The number of carboxylic acids is 1. The molecule has 0 aliphatic rings. The van der Waals surface area contributed by atoms with Crippen molar-refractivity contribution in [3.63, 3.8) is 0 Å². The number of nitrogens with one attached hydrogen (secondary N) is 1. The van der Waals surface area contributed by atoms with Gasteiger partial charge in [0.25, 0.3) is 5.91 Å². The molecule has 126 valence electrons. The smallest absolute Gasteiger partial charge is 0.307 e. The highest BCUT2D eigenvalue weighted by atomic mass is 16.5. The number of aryl methyl sites for hydroxylation is 1. The van der Waals surface area contributed by atoms with Crippen molar-refractivity contribution in [2.24, 2.45) is 0 Å². The summed E-state index contributed by atoms with van der Waals surface area (Å²) in [7, 11) is 0. The number of hydrogen-bond acceptors (Lipinski definition) is 3. The first-order valence-electron chi connectivity index (χ1n) is 7.83. The molecule has 0 aromatic heterocycles. The number of anilines is 1. The Kier molecular flexibility index (Phi) is 5.95. The highest BCUT2D eigenvalue weighted by Crippen LogP contribution is 2.17. The number of carbonyl (C=O) groups excluding carboxylic acids is 1. The standard InChI is InChI=1S/C19H21NO4/c1-3-17(24-16-6-4-5-13(2)11-16)19(23)20-15-9-7-14(8-10-15)12-18(21)22/h4-11,17H,3,12H2,1-2H3,(H,20,23)(H,21,22). The van der Waals surface area contributed by atoms with Crippen LogP contribution in [0.3, 0.4) is 0 Å². The molecule has 0 fully saturated rings. The van der Waals surface area contributed by atoms with Crippen LogP contribution in [0.2, 0.25) is 0 Å². The topological polar surface area (TPSA) is 75.6 Å². The summed E-state index contributed by atoms with van der Waals surface area (Å²) in [6.07, 6.45) is -0.0930. The molecule has 5 nitrogen and oxygen atoms in total. The van der Waals surface area contributed by atoms with Crippen LogP contribution >= 0.6 is 0 Å². The largest absolute Gasteiger partial charge is 0.481 e. The van der Waals surface area contributed by atoms with Gasteiger partial charge in [-0.05, 0) is 48.7 Å². The second kappa shape index (κ2) is 8.15. The Labute approximate surface area is 141 Å². The molecule has 2 N–H and O–H groups in total. The van der Waals surface area contributed by atoms with Crippen LogP contribution < -0.4 is 10.1 Å². The lowest BCUT2D eigenvalue weighted by atomic mass is 10.1.